The quantitative estimate of drug-likeness (QED) is 0.322. The number of rotatable bonds is 8. The third kappa shape index (κ3) is 7.00. The van der Waals surface area contributed by atoms with Gasteiger partial charge in [-0.25, -0.2) is 0 Å². The second-order valence-electron chi connectivity index (χ2n) is 9.13. The zero-order valence-corrected chi connectivity index (χ0v) is 25.3. The molecule has 4 aromatic rings. The molecular formula is C31H24Cl2NNaO5. The van der Waals surface area contributed by atoms with Gasteiger partial charge in [-0.15, -0.1) is 0 Å². The normalized spacial score (nSPS) is 13.8. The second kappa shape index (κ2) is 13.6. The number of hydrogen-bond acceptors (Lipinski definition) is 5. The van der Waals surface area contributed by atoms with Crippen LogP contribution in [0.1, 0.15) is 33.8 Å². The summed E-state index contributed by atoms with van der Waals surface area (Å²) in [6, 6.07) is 25.5. The summed E-state index contributed by atoms with van der Waals surface area (Å²) in [5.74, 6) is -0.939. The van der Waals surface area contributed by atoms with Crippen LogP contribution in [0, 0.1) is 0 Å². The number of carbonyl (C=O) groups excluding carboxylic acids is 2. The Hall–Kier alpha value is -3.00. The van der Waals surface area contributed by atoms with E-state index in [1.54, 1.807) is 30.3 Å². The fourth-order valence-electron chi connectivity index (χ4n) is 4.60. The van der Waals surface area contributed by atoms with Gasteiger partial charge in [0.25, 0.3) is 5.91 Å². The third-order valence-corrected chi connectivity index (χ3v) is 7.10. The maximum atomic E-state index is 12.7. The van der Waals surface area contributed by atoms with E-state index in [2.05, 4.69) is 5.32 Å². The number of hydrogen-bond donors (Lipinski definition) is 1. The van der Waals surface area contributed by atoms with Gasteiger partial charge in [0.2, 0.25) is 0 Å². The third-order valence-electron chi connectivity index (χ3n) is 6.57. The van der Waals surface area contributed by atoms with Gasteiger partial charge in [-0.2, -0.15) is 0 Å². The monoisotopic (exact) mass is 583 g/mol. The van der Waals surface area contributed by atoms with Gasteiger partial charge >= 0.3 is 29.6 Å². The fourth-order valence-corrected chi connectivity index (χ4v) is 5.00. The minimum absolute atomic E-state index is 0. The summed E-state index contributed by atoms with van der Waals surface area (Å²) in [4.78, 5) is 24.2. The van der Waals surface area contributed by atoms with Gasteiger partial charge in [-0.3, -0.25) is 4.79 Å². The number of amides is 1. The van der Waals surface area contributed by atoms with Gasteiger partial charge in [0.05, 0.1) is 11.6 Å². The number of fused-ring (bicyclic) bond motifs is 1. The molecule has 1 N–H and O–H groups in total. The van der Waals surface area contributed by atoms with Crippen LogP contribution in [0.25, 0.3) is 11.1 Å². The molecule has 1 aliphatic rings. The molecule has 1 unspecified atom stereocenters. The number of carboxylic acid groups (broad SMARTS) is 1. The first kappa shape index (κ1) is 30.0. The predicted octanol–water partition coefficient (Wildman–Crippen LogP) is 3.05. The molecule has 1 atom stereocenters. The van der Waals surface area contributed by atoms with Crippen LogP contribution in [-0.2, 0) is 11.2 Å². The molecule has 4 aromatic carbocycles. The zero-order chi connectivity index (χ0) is 27.4. The minimum atomic E-state index is -1.16. The van der Waals surface area contributed by atoms with Crippen molar-refractivity contribution in [2.24, 2.45) is 0 Å². The summed E-state index contributed by atoms with van der Waals surface area (Å²) in [5.41, 5.74) is 4.19. The molecule has 0 fully saturated rings. The fraction of sp³-hybridized carbons (Fsp3) is 0.161. The Morgan fingerprint density at radius 3 is 2.50 bits per heavy atom. The van der Waals surface area contributed by atoms with Crippen molar-refractivity contribution in [3.05, 3.63) is 112 Å². The first-order valence-corrected chi connectivity index (χ1v) is 13.2. The summed E-state index contributed by atoms with van der Waals surface area (Å²) in [6.45, 7) is 0.731. The average molecular weight is 584 g/mol. The number of carbonyl (C=O) groups is 2. The van der Waals surface area contributed by atoms with Crippen molar-refractivity contribution >= 4 is 35.1 Å². The standard InChI is InChI=1S/C31H25Cl2NO5.Na/c32-22-6-3-5-21(16-22)24-7-2-1-4-19(24)12-14-34-30(35)20-8-10-23(11-9-20)39-29-18-28-26(17-27(29)33)25(31(36)37)13-15-38-28;/h1-11,16-18,25H,12-15H2,(H,34,35)(H,36,37);/q;+1/p-1. The molecule has 0 bridgehead atoms. The first-order valence-electron chi connectivity index (χ1n) is 12.5. The Labute approximate surface area is 264 Å². The molecule has 0 radical (unpaired) electrons. The summed E-state index contributed by atoms with van der Waals surface area (Å²) in [7, 11) is 0. The van der Waals surface area contributed by atoms with Gasteiger partial charge in [-0.05, 0) is 72.0 Å². The first-order chi connectivity index (χ1) is 18.9. The molecule has 6 nitrogen and oxygen atoms in total. The van der Waals surface area contributed by atoms with Gasteiger partial charge in [-0.1, -0.05) is 59.6 Å². The Morgan fingerprint density at radius 2 is 1.75 bits per heavy atom. The Kier molecular flexibility index (Phi) is 10.2. The van der Waals surface area contributed by atoms with E-state index in [4.69, 9.17) is 32.7 Å². The van der Waals surface area contributed by atoms with Crippen molar-refractivity contribution in [2.75, 3.05) is 13.2 Å². The molecule has 0 spiro atoms. The van der Waals surface area contributed by atoms with E-state index in [1.807, 2.05) is 48.5 Å². The SMILES string of the molecule is O=C(NCCc1ccccc1-c1cccc(Cl)c1)c1ccc(Oc2cc3c(cc2Cl)C(C(=O)[O-])CCO3)cc1.[Na+]. The van der Waals surface area contributed by atoms with Crippen molar-refractivity contribution in [2.45, 2.75) is 18.8 Å². The smallest absolute Gasteiger partial charge is 0.549 e. The second-order valence-corrected chi connectivity index (χ2v) is 9.97. The largest absolute Gasteiger partial charge is 1.00 e. The van der Waals surface area contributed by atoms with Gasteiger partial charge < -0.3 is 24.7 Å². The van der Waals surface area contributed by atoms with Crippen molar-refractivity contribution in [1.29, 1.82) is 0 Å². The van der Waals surface area contributed by atoms with E-state index in [1.165, 1.54) is 6.07 Å². The number of halogens is 2. The topological polar surface area (TPSA) is 87.7 Å². The van der Waals surface area contributed by atoms with Gasteiger partial charge in [0.1, 0.15) is 17.2 Å². The van der Waals surface area contributed by atoms with Crippen molar-refractivity contribution in [1.82, 2.24) is 5.32 Å². The molecule has 0 saturated heterocycles. The molecule has 1 amide bonds. The number of aliphatic carboxylic acids is 1. The number of nitrogens with one attached hydrogen (secondary N) is 1. The Bertz CT molecular complexity index is 1530. The Morgan fingerprint density at radius 1 is 0.975 bits per heavy atom. The van der Waals surface area contributed by atoms with Crippen LogP contribution >= 0.6 is 23.2 Å². The van der Waals surface area contributed by atoms with Crippen LogP contribution in [0.3, 0.4) is 0 Å². The van der Waals surface area contributed by atoms with Gasteiger partial charge in [0, 0.05) is 40.6 Å². The minimum Gasteiger partial charge on any atom is -0.549 e. The number of ether oxygens (including phenoxy) is 2. The Balaban J connectivity index is 0.00000370. The maximum Gasteiger partial charge on any atom is 1.00 e. The summed E-state index contributed by atoms with van der Waals surface area (Å²) < 4.78 is 11.5. The molecule has 5 rings (SSSR count). The molecule has 1 aliphatic heterocycles. The number of benzene rings is 4. The van der Waals surface area contributed by atoms with E-state index in [9.17, 15) is 14.7 Å². The van der Waals surface area contributed by atoms with E-state index in [0.717, 1.165) is 16.7 Å². The van der Waals surface area contributed by atoms with E-state index < -0.39 is 11.9 Å². The van der Waals surface area contributed by atoms with Crippen LogP contribution in [0.4, 0.5) is 0 Å². The molecule has 198 valence electrons. The molecule has 9 heteroatoms. The molecular weight excluding hydrogens is 560 g/mol. The van der Waals surface area contributed by atoms with Crippen LogP contribution in [0.15, 0.2) is 84.9 Å². The van der Waals surface area contributed by atoms with E-state index in [-0.39, 0.29) is 47.1 Å². The molecule has 0 aromatic heterocycles. The number of carboxylic acids is 1. The van der Waals surface area contributed by atoms with Crippen molar-refractivity contribution in [3.63, 3.8) is 0 Å². The molecule has 1 heterocycles. The predicted molar refractivity (Wildman–Crippen MR) is 149 cm³/mol. The molecule has 0 saturated carbocycles. The maximum absolute atomic E-state index is 12.7. The zero-order valence-electron chi connectivity index (χ0n) is 21.8. The molecule has 40 heavy (non-hydrogen) atoms. The van der Waals surface area contributed by atoms with E-state index >= 15 is 0 Å². The van der Waals surface area contributed by atoms with Crippen molar-refractivity contribution in [3.8, 4) is 28.4 Å². The molecule has 0 aliphatic carbocycles. The average Bonchev–Trinajstić information content (AvgIpc) is 2.93. The van der Waals surface area contributed by atoms with Crippen LogP contribution < -0.4 is 49.5 Å². The van der Waals surface area contributed by atoms with Crippen molar-refractivity contribution < 1.29 is 53.7 Å². The van der Waals surface area contributed by atoms with Crippen LogP contribution in [0.2, 0.25) is 10.0 Å². The summed E-state index contributed by atoms with van der Waals surface area (Å²) >= 11 is 12.5. The van der Waals surface area contributed by atoms with E-state index in [0.29, 0.717) is 52.8 Å². The summed E-state index contributed by atoms with van der Waals surface area (Å²) in [6.07, 6.45) is 0.983. The van der Waals surface area contributed by atoms with Gasteiger partial charge in [0.15, 0.2) is 0 Å². The van der Waals surface area contributed by atoms with Crippen LogP contribution in [0.5, 0.6) is 17.2 Å². The van der Waals surface area contributed by atoms with Crippen LogP contribution in [-0.4, -0.2) is 25.0 Å². The summed E-state index contributed by atoms with van der Waals surface area (Å²) in [5, 5.41) is 15.3.